The molecule has 0 aliphatic rings. The summed E-state index contributed by atoms with van der Waals surface area (Å²) in [6.45, 7) is 3.86. The second kappa shape index (κ2) is 8.29. The van der Waals surface area contributed by atoms with Gasteiger partial charge in [0.05, 0.1) is 15.6 Å². The Balaban J connectivity index is 1.99. The predicted molar refractivity (Wildman–Crippen MR) is 98.1 cm³/mol. The fourth-order valence-corrected chi connectivity index (χ4v) is 2.92. The van der Waals surface area contributed by atoms with Gasteiger partial charge in [-0.2, -0.15) is 0 Å². The maximum atomic E-state index is 12.2. The van der Waals surface area contributed by atoms with Crippen molar-refractivity contribution < 1.29 is 15.0 Å². The van der Waals surface area contributed by atoms with Crippen LogP contribution in [0.15, 0.2) is 36.4 Å². The number of benzene rings is 2. The molecule has 6 nitrogen and oxygen atoms in total. The minimum absolute atomic E-state index is 0.0401. The summed E-state index contributed by atoms with van der Waals surface area (Å²) in [5.41, 5.74) is 2.01. The average molecular weight is 383 g/mol. The number of hydrogen-bond donors (Lipinski definition) is 2. The summed E-state index contributed by atoms with van der Waals surface area (Å²) < 4.78 is 0. The maximum absolute atomic E-state index is 12.2. The van der Waals surface area contributed by atoms with Crippen molar-refractivity contribution in [3.63, 3.8) is 0 Å². The Kier molecular flexibility index (Phi) is 6.36. The summed E-state index contributed by atoms with van der Waals surface area (Å²) in [4.78, 5) is 22.5. The lowest BCUT2D eigenvalue weighted by Crippen LogP contribution is -2.86. The third-order valence-corrected chi connectivity index (χ3v) is 4.38. The Bertz CT molecular complexity index is 812. The number of nitro groups is 1. The molecule has 0 saturated carbocycles. The largest absolute Gasteiger partial charge is 0.332 e. The maximum Gasteiger partial charge on any atom is 0.279 e. The van der Waals surface area contributed by atoms with E-state index in [2.05, 4.69) is 5.32 Å². The van der Waals surface area contributed by atoms with Gasteiger partial charge in [-0.15, -0.1) is 0 Å². The van der Waals surface area contributed by atoms with E-state index < -0.39 is 4.92 Å². The number of rotatable bonds is 6. The summed E-state index contributed by atoms with van der Waals surface area (Å²) in [5, 5.41) is 16.5. The van der Waals surface area contributed by atoms with Crippen LogP contribution in [0.5, 0.6) is 0 Å². The van der Waals surface area contributed by atoms with Gasteiger partial charge < -0.3 is 10.6 Å². The third kappa shape index (κ3) is 5.16. The van der Waals surface area contributed by atoms with Crippen LogP contribution in [0.3, 0.4) is 0 Å². The van der Waals surface area contributed by atoms with Gasteiger partial charge in [0.2, 0.25) is 0 Å². The zero-order valence-corrected chi connectivity index (χ0v) is 15.3. The fraction of sp³-hybridized carbons (Fsp3) is 0.235. The highest BCUT2D eigenvalue weighted by Crippen LogP contribution is 2.24. The van der Waals surface area contributed by atoms with Crippen LogP contribution in [0.4, 0.5) is 11.4 Å². The van der Waals surface area contributed by atoms with E-state index in [0.29, 0.717) is 15.7 Å². The minimum atomic E-state index is -0.494. The Morgan fingerprint density at radius 2 is 2.00 bits per heavy atom. The Hall–Kier alpha value is -2.15. The molecular formula is C17H18Cl2N3O3+. The van der Waals surface area contributed by atoms with Crippen molar-refractivity contribution in [1.82, 2.24) is 0 Å². The highest BCUT2D eigenvalue weighted by molar-refractivity contribution is 6.35. The number of halogens is 2. The molecule has 0 unspecified atom stereocenters. The molecule has 0 radical (unpaired) electrons. The van der Waals surface area contributed by atoms with Crippen LogP contribution in [0.2, 0.25) is 10.0 Å². The first-order chi connectivity index (χ1) is 11.8. The van der Waals surface area contributed by atoms with E-state index in [-0.39, 0.29) is 24.2 Å². The topological polar surface area (TPSA) is 88.9 Å². The van der Waals surface area contributed by atoms with E-state index in [1.807, 2.05) is 18.3 Å². The number of nitrogens with two attached hydrogens (primary N) is 1. The Morgan fingerprint density at radius 1 is 1.28 bits per heavy atom. The molecule has 2 rings (SSSR count). The molecule has 8 heteroatoms. The first-order valence-corrected chi connectivity index (χ1v) is 8.36. The van der Waals surface area contributed by atoms with Crippen LogP contribution < -0.4 is 10.6 Å². The summed E-state index contributed by atoms with van der Waals surface area (Å²) in [6, 6.07) is 9.56. The zero-order chi connectivity index (χ0) is 18.6. The minimum Gasteiger partial charge on any atom is -0.332 e. The molecule has 1 amide bonds. The quantitative estimate of drug-likeness (QED) is 0.591. The molecule has 3 N–H and O–H groups in total. The lowest BCUT2D eigenvalue weighted by atomic mass is 10.1. The van der Waals surface area contributed by atoms with Crippen LogP contribution in [0.1, 0.15) is 24.1 Å². The van der Waals surface area contributed by atoms with Crippen molar-refractivity contribution in [1.29, 1.82) is 0 Å². The number of quaternary nitrogens is 1. The van der Waals surface area contributed by atoms with Crippen molar-refractivity contribution in [2.24, 2.45) is 0 Å². The van der Waals surface area contributed by atoms with Gasteiger partial charge in [-0.1, -0.05) is 35.3 Å². The van der Waals surface area contributed by atoms with Crippen LogP contribution in [-0.4, -0.2) is 17.4 Å². The fourth-order valence-electron chi connectivity index (χ4n) is 2.34. The van der Waals surface area contributed by atoms with Gasteiger partial charge in [0.1, 0.15) is 6.04 Å². The van der Waals surface area contributed by atoms with E-state index in [1.165, 1.54) is 12.1 Å². The number of hydrogen-bond acceptors (Lipinski definition) is 3. The Labute approximate surface area is 155 Å². The van der Waals surface area contributed by atoms with E-state index in [9.17, 15) is 14.9 Å². The lowest BCUT2D eigenvalue weighted by Gasteiger charge is -2.13. The number of non-ortho nitro benzene ring substituents is 1. The van der Waals surface area contributed by atoms with Crippen molar-refractivity contribution >= 4 is 40.5 Å². The van der Waals surface area contributed by atoms with Crippen molar-refractivity contribution in [2.45, 2.75) is 19.9 Å². The number of aryl methyl sites for hydroxylation is 1. The van der Waals surface area contributed by atoms with Crippen LogP contribution >= 0.6 is 23.2 Å². The first kappa shape index (κ1) is 19.2. The van der Waals surface area contributed by atoms with Crippen LogP contribution in [-0.2, 0) is 4.79 Å². The predicted octanol–water partition coefficient (Wildman–Crippen LogP) is 3.47. The third-order valence-electron chi connectivity index (χ3n) is 3.82. The molecule has 2 aromatic carbocycles. The number of carbonyl (C=O) groups is 1. The van der Waals surface area contributed by atoms with Gasteiger partial charge in [-0.25, -0.2) is 0 Å². The van der Waals surface area contributed by atoms with Gasteiger partial charge in [0, 0.05) is 22.7 Å². The summed E-state index contributed by atoms with van der Waals surface area (Å²) in [7, 11) is 0. The Morgan fingerprint density at radius 3 is 2.64 bits per heavy atom. The van der Waals surface area contributed by atoms with Crippen LogP contribution in [0, 0.1) is 17.0 Å². The van der Waals surface area contributed by atoms with Crippen molar-refractivity contribution in [3.05, 3.63) is 67.7 Å². The SMILES string of the molecule is Cc1ccc([N+](=O)[O-])cc1NC(=O)C[NH2+][C@H](C)c1ccc(Cl)cc1Cl. The molecule has 0 saturated heterocycles. The van der Waals surface area contributed by atoms with Gasteiger partial charge in [0.25, 0.3) is 11.6 Å². The number of nitrogens with zero attached hydrogens (tertiary/aromatic N) is 1. The zero-order valence-electron chi connectivity index (χ0n) is 13.8. The van der Waals surface area contributed by atoms with Crippen LogP contribution in [0.25, 0.3) is 0 Å². The molecule has 0 aliphatic carbocycles. The molecule has 0 aliphatic heterocycles. The molecule has 0 spiro atoms. The van der Waals surface area contributed by atoms with E-state index in [0.717, 1.165) is 11.1 Å². The van der Waals surface area contributed by atoms with Gasteiger partial charge >= 0.3 is 0 Å². The highest BCUT2D eigenvalue weighted by atomic mass is 35.5. The molecule has 2 aromatic rings. The summed E-state index contributed by atoms with van der Waals surface area (Å²) >= 11 is 12.1. The summed E-state index contributed by atoms with van der Waals surface area (Å²) in [5.74, 6) is -0.250. The van der Waals surface area contributed by atoms with Gasteiger partial charge in [-0.05, 0) is 31.5 Å². The van der Waals surface area contributed by atoms with Gasteiger partial charge in [-0.3, -0.25) is 14.9 Å². The average Bonchev–Trinajstić information content (AvgIpc) is 2.54. The lowest BCUT2D eigenvalue weighted by molar-refractivity contribution is -0.682. The molecule has 0 heterocycles. The summed E-state index contributed by atoms with van der Waals surface area (Å²) in [6.07, 6.45) is 0. The van der Waals surface area contributed by atoms with Crippen molar-refractivity contribution in [2.75, 3.05) is 11.9 Å². The molecule has 1 atom stereocenters. The van der Waals surface area contributed by atoms with E-state index >= 15 is 0 Å². The number of anilines is 1. The number of nitro benzene ring substituents is 1. The highest BCUT2D eigenvalue weighted by Gasteiger charge is 2.16. The molecular weight excluding hydrogens is 365 g/mol. The van der Waals surface area contributed by atoms with E-state index in [4.69, 9.17) is 23.2 Å². The smallest absolute Gasteiger partial charge is 0.279 e. The first-order valence-electron chi connectivity index (χ1n) is 7.61. The number of carbonyl (C=O) groups excluding carboxylic acids is 1. The molecule has 0 fully saturated rings. The normalized spacial score (nSPS) is 11.8. The molecule has 0 bridgehead atoms. The number of amides is 1. The monoisotopic (exact) mass is 382 g/mol. The van der Waals surface area contributed by atoms with Crippen molar-refractivity contribution in [3.8, 4) is 0 Å². The van der Waals surface area contributed by atoms with Gasteiger partial charge in [0.15, 0.2) is 6.54 Å². The molecule has 0 aromatic heterocycles. The second-order valence-electron chi connectivity index (χ2n) is 5.70. The molecule has 132 valence electrons. The number of nitrogens with one attached hydrogen (secondary N) is 1. The van der Waals surface area contributed by atoms with E-state index in [1.54, 1.807) is 25.1 Å². The second-order valence-corrected chi connectivity index (χ2v) is 6.54. The molecule has 25 heavy (non-hydrogen) atoms. The standard InChI is InChI=1S/C17H17Cl2N3O3/c1-10-3-5-13(22(24)25)8-16(10)21-17(23)9-20-11(2)14-6-4-12(18)7-15(14)19/h3-8,11,20H,9H2,1-2H3,(H,21,23)/p+1/t11-/m1/s1.